The molecule has 0 aliphatic heterocycles. The highest BCUT2D eigenvalue weighted by molar-refractivity contribution is 7.91. The fourth-order valence-corrected chi connectivity index (χ4v) is 2.70. The Labute approximate surface area is 99.7 Å². The zero-order valence-electron chi connectivity index (χ0n) is 9.03. The van der Waals surface area contributed by atoms with Crippen LogP contribution < -0.4 is 4.74 Å². The Morgan fingerprint density at radius 1 is 1.44 bits per heavy atom. The molecule has 6 heteroatoms. The second kappa shape index (κ2) is 5.03. The maximum absolute atomic E-state index is 11.8. The van der Waals surface area contributed by atoms with Crippen LogP contribution in [0.5, 0.6) is 5.75 Å². The van der Waals surface area contributed by atoms with Crippen molar-refractivity contribution in [3.8, 4) is 5.75 Å². The molecule has 0 saturated carbocycles. The van der Waals surface area contributed by atoms with Gasteiger partial charge in [-0.1, -0.05) is 11.6 Å². The molecule has 0 aromatic heterocycles. The summed E-state index contributed by atoms with van der Waals surface area (Å²) in [5.74, 6) is -0.0988. The van der Waals surface area contributed by atoms with Gasteiger partial charge in [-0.2, -0.15) is 0 Å². The van der Waals surface area contributed by atoms with E-state index in [0.29, 0.717) is 5.02 Å². The lowest BCUT2D eigenvalue weighted by Gasteiger charge is -2.10. The molecule has 0 heterocycles. The van der Waals surface area contributed by atoms with Crippen LogP contribution in [0.1, 0.15) is 5.56 Å². The van der Waals surface area contributed by atoms with Gasteiger partial charge in [0, 0.05) is 5.02 Å². The summed E-state index contributed by atoms with van der Waals surface area (Å²) >= 11 is 5.87. The van der Waals surface area contributed by atoms with Crippen LogP contribution in [0.4, 0.5) is 0 Å². The second-order valence-electron chi connectivity index (χ2n) is 3.29. The number of hydrogen-bond donors (Lipinski definition) is 1. The quantitative estimate of drug-likeness (QED) is 0.893. The SMILES string of the molecule is COc1cc(C)c(Cl)cc1S(=O)(=O)CCO. The molecule has 16 heavy (non-hydrogen) atoms. The third-order valence-corrected chi connectivity index (χ3v) is 4.26. The van der Waals surface area contributed by atoms with Crippen molar-refractivity contribution in [1.29, 1.82) is 0 Å². The zero-order chi connectivity index (χ0) is 12.3. The van der Waals surface area contributed by atoms with Crippen LogP contribution in [0.15, 0.2) is 17.0 Å². The number of rotatable bonds is 4. The van der Waals surface area contributed by atoms with Gasteiger partial charge in [-0.15, -0.1) is 0 Å². The largest absolute Gasteiger partial charge is 0.495 e. The molecule has 1 N–H and O–H groups in total. The van der Waals surface area contributed by atoms with Crippen LogP contribution in [0, 0.1) is 6.92 Å². The van der Waals surface area contributed by atoms with Crippen LogP contribution in [-0.2, 0) is 9.84 Å². The first-order valence-electron chi connectivity index (χ1n) is 4.60. The molecular weight excluding hydrogens is 252 g/mol. The maximum Gasteiger partial charge on any atom is 0.184 e. The second-order valence-corrected chi connectivity index (χ2v) is 5.78. The Morgan fingerprint density at radius 2 is 2.06 bits per heavy atom. The number of aliphatic hydroxyl groups excluding tert-OH is 1. The van der Waals surface area contributed by atoms with Crippen molar-refractivity contribution in [3.63, 3.8) is 0 Å². The van der Waals surface area contributed by atoms with Crippen molar-refractivity contribution in [3.05, 3.63) is 22.7 Å². The lowest BCUT2D eigenvalue weighted by atomic mass is 10.2. The number of sulfone groups is 1. The number of aliphatic hydroxyl groups is 1. The van der Waals surface area contributed by atoms with Gasteiger partial charge in [-0.05, 0) is 24.6 Å². The number of aryl methyl sites for hydroxylation is 1. The van der Waals surface area contributed by atoms with Crippen molar-refractivity contribution < 1.29 is 18.3 Å². The minimum absolute atomic E-state index is 0.0136. The molecule has 1 rings (SSSR count). The predicted molar refractivity (Wildman–Crippen MR) is 61.9 cm³/mol. The van der Waals surface area contributed by atoms with Gasteiger partial charge in [0.25, 0.3) is 0 Å². The average molecular weight is 265 g/mol. The van der Waals surface area contributed by atoms with Crippen molar-refractivity contribution in [2.75, 3.05) is 19.5 Å². The molecule has 0 saturated heterocycles. The molecule has 0 unspecified atom stereocenters. The smallest absolute Gasteiger partial charge is 0.184 e. The monoisotopic (exact) mass is 264 g/mol. The first kappa shape index (κ1) is 13.3. The van der Waals surface area contributed by atoms with Crippen LogP contribution >= 0.6 is 11.6 Å². The Bertz CT molecular complexity index is 482. The number of ether oxygens (including phenoxy) is 1. The normalized spacial score (nSPS) is 11.5. The van der Waals surface area contributed by atoms with Crippen LogP contribution in [0.3, 0.4) is 0 Å². The standard InChI is InChI=1S/C10H13ClO4S/c1-7-5-9(15-2)10(6-8(7)11)16(13,14)4-3-12/h5-6,12H,3-4H2,1-2H3. The van der Waals surface area contributed by atoms with E-state index < -0.39 is 16.4 Å². The fraction of sp³-hybridized carbons (Fsp3) is 0.400. The minimum atomic E-state index is -3.55. The van der Waals surface area contributed by atoms with Gasteiger partial charge in [-0.3, -0.25) is 0 Å². The molecule has 0 bridgehead atoms. The Balaban J connectivity index is 3.38. The molecule has 1 aromatic rings. The summed E-state index contributed by atoms with van der Waals surface area (Å²) in [6, 6.07) is 2.91. The number of halogens is 1. The molecule has 0 aliphatic carbocycles. The Kier molecular flexibility index (Phi) is 4.18. The van der Waals surface area contributed by atoms with Crippen LogP contribution in [0.25, 0.3) is 0 Å². The van der Waals surface area contributed by atoms with Gasteiger partial charge < -0.3 is 9.84 Å². The van der Waals surface area contributed by atoms with E-state index in [9.17, 15) is 8.42 Å². The maximum atomic E-state index is 11.8. The summed E-state index contributed by atoms with van der Waals surface area (Å²) in [6.07, 6.45) is 0. The Hall–Kier alpha value is -0.780. The number of methoxy groups -OCH3 is 1. The summed E-state index contributed by atoms with van der Waals surface area (Å²) in [4.78, 5) is 0.0136. The molecule has 0 amide bonds. The molecule has 0 atom stereocenters. The highest BCUT2D eigenvalue weighted by Gasteiger charge is 2.20. The van der Waals surface area contributed by atoms with Gasteiger partial charge in [0.1, 0.15) is 10.6 Å². The van der Waals surface area contributed by atoms with Gasteiger partial charge in [0.05, 0.1) is 19.5 Å². The summed E-state index contributed by atoms with van der Waals surface area (Å²) in [6.45, 7) is 1.32. The molecule has 0 aliphatic rings. The van der Waals surface area contributed by atoms with Gasteiger partial charge in [0.2, 0.25) is 0 Å². The molecule has 90 valence electrons. The molecule has 0 fully saturated rings. The highest BCUT2D eigenvalue weighted by atomic mass is 35.5. The molecule has 4 nitrogen and oxygen atoms in total. The first-order valence-corrected chi connectivity index (χ1v) is 6.63. The van der Waals surface area contributed by atoms with E-state index in [1.165, 1.54) is 13.2 Å². The molecule has 0 radical (unpaired) electrons. The lowest BCUT2D eigenvalue weighted by Crippen LogP contribution is -2.11. The summed E-state index contributed by atoms with van der Waals surface area (Å²) < 4.78 is 28.5. The van der Waals surface area contributed by atoms with Crippen molar-refractivity contribution in [2.45, 2.75) is 11.8 Å². The van der Waals surface area contributed by atoms with Crippen LogP contribution in [0.2, 0.25) is 5.02 Å². The first-order chi connectivity index (χ1) is 7.42. The summed E-state index contributed by atoms with van der Waals surface area (Å²) in [7, 11) is -2.16. The van der Waals surface area contributed by atoms with E-state index >= 15 is 0 Å². The van der Waals surface area contributed by atoms with E-state index in [0.717, 1.165) is 5.56 Å². The van der Waals surface area contributed by atoms with E-state index in [2.05, 4.69) is 0 Å². The average Bonchev–Trinajstić information content (AvgIpc) is 2.21. The fourth-order valence-electron chi connectivity index (χ4n) is 1.27. The van der Waals surface area contributed by atoms with E-state index in [1.54, 1.807) is 13.0 Å². The summed E-state index contributed by atoms with van der Waals surface area (Å²) in [5.41, 5.74) is 0.737. The van der Waals surface area contributed by atoms with Crippen molar-refractivity contribution in [2.24, 2.45) is 0 Å². The van der Waals surface area contributed by atoms with Crippen molar-refractivity contribution >= 4 is 21.4 Å². The minimum Gasteiger partial charge on any atom is -0.495 e. The highest BCUT2D eigenvalue weighted by Crippen LogP contribution is 2.30. The number of hydrogen-bond acceptors (Lipinski definition) is 4. The van der Waals surface area contributed by atoms with Gasteiger partial charge in [0.15, 0.2) is 9.84 Å². The molecule has 0 spiro atoms. The molecular formula is C10H13ClO4S. The third-order valence-electron chi connectivity index (χ3n) is 2.14. The van der Waals surface area contributed by atoms with Gasteiger partial charge >= 0.3 is 0 Å². The Morgan fingerprint density at radius 3 is 2.56 bits per heavy atom. The van der Waals surface area contributed by atoms with E-state index in [1.807, 2.05) is 0 Å². The predicted octanol–water partition coefficient (Wildman–Crippen LogP) is 1.42. The topological polar surface area (TPSA) is 63.6 Å². The lowest BCUT2D eigenvalue weighted by molar-refractivity contribution is 0.319. The van der Waals surface area contributed by atoms with E-state index in [-0.39, 0.29) is 16.4 Å². The molecule has 1 aromatic carbocycles. The number of benzene rings is 1. The van der Waals surface area contributed by atoms with Gasteiger partial charge in [-0.25, -0.2) is 8.42 Å². The van der Waals surface area contributed by atoms with E-state index in [4.69, 9.17) is 21.4 Å². The third kappa shape index (κ3) is 2.66. The zero-order valence-corrected chi connectivity index (χ0v) is 10.6. The van der Waals surface area contributed by atoms with Crippen molar-refractivity contribution in [1.82, 2.24) is 0 Å². The summed E-state index contributed by atoms with van der Waals surface area (Å²) in [5, 5.41) is 9.06. The van der Waals surface area contributed by atoms with Crippen LogP contribution in [-0.4, -0.2) is 33.0 Å².